The Bertz CT molecular complexity index is 342. The minimum atomic E-state index is -4.09. The van der Waals surface area contributed by atoms with Gasteiger partial charge in [0.2, 0.25) is 0 Å². The second-order valence-corrected chi connectivity index (χ2v) is 7.84. The van der Waals surface area contributed by atoms with Crippen molar-refractivity contribution >= 4 is 7.60 Å². The van der Waals surface area contributed by atoms with Gasteiger partial charge in [-0.15, -0.1) is 0 Å². The van der Waals surface area contributed by atoms with E-state index in [9.17, 15) is 24.6 Å². The smallest absolute Gasteiger partial charge is 0.339 e. The second-order valence-electron chi connectivity index (χ2n) is 6.22. The summed E-state index contributed by atoms with van der Waals surface area (Å²) in [6.45, 7) is 8.49. The Morgan fingerprint density at radius 3 is 1.41 bits per heavy atom. The summed E-state index contributed by atoms with van der Waals surface area (Å²) < 4.78 is 11.2. The van der Waals surface area contributed by atoms with Gasteiger partial charge in [-0.2, -0.15) is 0 Å². The van der Waals surface area contributed by atoms with E-state index in [2.05, 4.69) is 9.80 Å². The fourth-order valence-electron chi connectivity index (χ4n) is 2.70. The number of aliphatic hydroxyl groups excluding tert-OH is 2. The van der Waals surface area contributed by atoms with Crippen LogP contribution in [0.25, 0.3) is 0 Å². The molecule has 0 saturated carbocycles. The third kappa shape index (κ3) is 9.17. The Morgan fingerprint density at radius 1 is 0.818 bits per heavy atom. The maximum atomic E-state index is 11.2. The Labute approximate surface area is 132 Å². The third-order valence-electron chi connectivity index (χ3n) is 3.63. The number of aliphatic hydroxyl groups is 2. The van der Waals surface area contributed by atoms with Crippen LogP contribution in [0.1, 0.15) is 13.8 Å². The highest BCUT2D eigenvalue weighted by Crippen LogP contribution is 2.34. The molecule has 0 aromatic rings. The van der Waals surface area contributed by atoms with Gasteiger partial charge in [-0.1, -0.05) is 0 Å². The highest BCUT2D eigenvalue weighted by atomic mass is 31.2. The maximum absolute atomic E-state index is 11.2. The van der Waals surface area contributed by atoms with E-state index in [1.165, 1.54) is 0 Å². The molecule has 1 fully saturated rings. The summed E-state index contributed by atoms with van der Waals surface area (Å²) >= 11 is 0. The molecule has 1 aliphatic heterocycles. The van der Waals surface area contributed by atoms with Crippen LogP contribution >= 0.6 is 7.60 Å². The van der Waals surface area contributed by atoms with Gasteiger partial charge >= 0.3 is 7.60 Å². The summed E-state index contributed by atoms with van der Waals surface area (Å²) in [6.07, 6.45) is -1.14. The number of rotatable bonds is 6. The van der Waals surface area contributed by atoms with Crippen LogP contribution in [0.2, 0.25) is 0 Å². The van der Waals surface area contributed by atoms with Crippen molar-refractivity contribution in [1.82, 2.24) is 14.7 Å². The van der Waals surface area contributed by atoms with Gasteiger partial charge in [-0.3, -0.25) is 19.3 Å². The monoisotopic (exact) mass is 339 g/mol. The van der Waals surface area contributed by atoms with Crippen LogP contribution in [0.15, 0.2) is 0 Å². The molecule has 2 atom stereocenters. The quantitative estimate of drug-likeness (QED) is 0.447. The molecule has 22 heavy (non-hydrogen) atoms. The molecule has 0 bridgehead atoms. The van der Waals surface area contributed by atoms with Crippen molar-refractivity contribution in [3.05, 3.63) is 0 Å². The van der Waals surface area contributed by atoms with Crippen molar-refractivity contribution in [3.8, 4) is 0 Å². The SMILES string of the molecule is C[C@H](O)CN1CCN(C[C@H](C)O)CCN(CP(=O)(O)O)CC1. The average Bonchev–Trinajstić information content (AvgIpc) is 2.41. The van der Waals surface area contributed by atoms with Crippen LogP contribution in [-0.4, -0.2) is 106 Å². The standard InChI is InChI=1S/C13H30N3O5P/c1-12(17)9-14-3-4-15(10-13(2)18)6-8-16(7-5-14)11-22(19,20)21/h12-13,17-18H,3-11H2,1-2H3,(H2,19,20,21)/t12-,13-/m0/s1. The maximum Gasteiger partial charge on any atom is 0.339 e. The van der Waals surface area contributed by atoms with Crippen molar-refractivity contribution in [2.75, 3.05) is 58.6 Å². The second kappa shape index (κ2) is 9.30. The number of nitrogens with zero attached hydrogens (tertiary/aromatic N) is 3. The summed E-state index contributed by atoms with van der Waals surface area (Å²) in [5, 5.41) is 19.1. The van der Waals surface area contributed by atoms with Crippen molar-refractivity contribution < 1.29 is 24.6 Å². The van der Waals surface area contributed by atoms with Gasteiger partial charge in [0.15, 0.2) is 0 Å². The zero-order valence-electron chi connectivity index (χ0n) is 13.5. The molecule has 1 rings (SSSR count). The van der Waals surface area contributed by atoms with Crippen LogP contribution in [0.5, 0.6) is 0 Å². The van der Waals surface area contributed by atoms with E-state index in [1.807, 2.05) is 0 Å². The fourth-order valence-corrected chi connectivity index (χ4v) is 3.50. The van der Waals surface area contributed by atoms with Crippen LogP contribution in [-0.2, 0) is 4.57 Å². The highest BCUT2D eigenvalue weighted by Gasteiger charge is 2.23. The van der Waals surface area contributed by atoms with Crippen molar-refractivity contribution in [2.45, 2.75) is 26.1 Å². The molecule has 4 N–H and O–H groups in total. The first-order valence-electron chi connectivity index (χ1n) is 7.73. The summed E-state index contributed by atoms with van der Waals surface area (Å²) in [6, 6.07) is 0. The van der Waals surface area contributed by atoms with Crippen molar-refractivity contribution in [1.29, 1.82) is 0 Å². The zero-order valence-corrected chi connectivity index (χ0v) is 14.4. The van der Waals surface area contributed by atoms with Gasteiger partial charge in [0.05, 0.1) is 12.2 Å². The van der Waals surface area contributed by atoms with Gasteiger partial charge in [-0.05, 0) is 13.8 Å². The van der Waals surface area contributed by atoms with Crippen molar-refractivity contribution in [2.24, 2.45) is 0 Å². The average molecular weight is 339 g/mol. The van der Waals surface area contributed by atoms with Crippen LogP contribution in [0, 0.1) is 0 Å². The molecular weight excluding hydrogens is 309 g/mol. The van der Waals surface area contributed by atoms with Gasteiger partial charge < -0.3 is 20.0 Å². The summed E-state index contributed by atoms with van der Waals surface area (Å²) in [5.74, 6) is 0. The Kier molecular flexibility index (Phi) is 8.45. The van der Waals surface area contributed by atoms with Gasteiger partial charge in [0, 0.05) is 52.4 Å². The molecule has 1 saturated heterocycles. The predicted octanol–water partition coefficient (Wildman–Crippen LogP) is -1.20. The highest BCUT2D eigenvalue weighted by molar-refractivity contribution is 7.51. The molecule has 132 valence electrons. The van der Waals surface area contributed by atoms with E-state index >= 15 is 0 Å². The lowest BCUT2D eigenvalue weighted by Gasteiger charge is -2.27. The molecule has 0 aromatic heterocycles. The third-order valence-corrected chi connectivity index (χ3v) is 4.39. The Hall–Kier alpha value is -0.0500. The molecule has 0 amide bonds. The molecule has 9 heteroatoms. The number of β-amino-alcohol motifs (C(OH)–C–C–N with tert-alkyl or cyclic N) is 2. The number of hydrogen-bond acceptors (Lipinski definition) is 6. The van der Waals surface area contributed by atoms with Crippen molar-refractivity contribution in [3.63, 3.8) is 0 Å². The summed E-state index contributed by atoms with van der Waals surface area (Å²) in [5.41, 5.74) is 0. The first-order chi connectivity index (χ1) is 10.2. The minimum Gasteiger partial charge on any atom is -0.392 e. The Balaban J connectivity index is 2.70. The van der Waals surface area contributed by atoms with Gasteiger partial charge in [0.25, 0.3) is 0 Å². The van der Waals surface area contributed by atoms with Crippen LogP contribution in [0.3, 0.4) is 0 Å². The van der Waals surface area contributed by atoms with E-state index in [4.69, 9.17) is 0 Å². The lowest BCUT2D eigenvalue weighted by molar-refractivity contribution is 0.102. The normalized spacial score (nSPS) is 23.5. The largest absolute Gasteiger partial charge is 0.392 e. The zero-order chi connectivity index (χ0) is 16.8. The lowest BCUT2D eigenvalue weighted by Crippen LogP contribution is -2.41. The minimum absolute atomic E-state index is 0.252. The molecule has 0 spiro atoms. The molecule has 1 aliphatic rings. The predicted molar refractivity (Wildman–Crippen MR) is 84.7 cm³/mol. The molecular formula is C13H30N3O5P. The van der Waals surface area contributed by atoms with E-state index in [0.717, 1.165) is 13.1 Å². The van der Waals surface area contributed by atoms with E-state index in [-0.39, 0.29) is 6.29 Å². The van der Waals surface area contributed by atoms with Crippen LogP contribution in [0.4, 0.5) is 0 Å². The van der Waals surface area contributed by atoms with Gasteiger partial charge in [0.1, 0.15) is 6.29 Å². The summed E-state index contributed by atoms with van der Waals surface area (Å²) in [7, 11) is -4.09. The van der Waals surface area contributed by atoms with E-state index in [1.54, 1.807) is 18.7 Å². The molecule has 1 heterocycles. The molecule has 0 radical (unpaired) electrons. The molecule has 0 aliphatic carbocycles. The molecule has 0 aromatic carbocycles. The van der Waals surface area contributed by atoms with E-state index in [0.29, 0.717) is 39.3 Å². The first-order valence-corrected chi connectivity index (χ1v) is 9.53. The lowest BCUT2D eigenvalue weighted by atomic mass is 10.3. The summed E-state index contributed by atoms with van der Waals surface area (Å²) in [4.78, 5) is 24.3. The number of hydrogen-bond donors (Lipinski definition) is 4. The van der Waals surface area contributed by atoms with Crippen LogP contribution < -0.4 is 0 Å². The first kappa shape index (κ1) is 20.0. The molecule has 0 unspecified atom stereocenters. The van der Waals surface area contributed by atoms with E-state index < -0.39 is 19.8 Å². The Morgan fingerprint density at radius 2 is 1.14 bits per heavy atom. The topological polar surface area (TPSA) is 108 Å². The fraction of sp³-hybridized carbons (Fsp3) is 1.00. The molecule has 8 nitrogen and oxygen atoms in total. The van der Waals surface area contributed by atoms with Gasteiger partial charge in [-0.25, -0.2) is 0 Å².